The Balaban J connectivity index is 0. The lowest BCUT2D eigenvalue weighted by atomic mass is 10.1. The summed E-state index contributed by atoms with van der Waals surface area (Å²) in [5.74, 6) is 0. The van der Waals surface area contributed by atoms with Crippen molar-refractivity contribution in [3.8, 4) is 0 Å². The summed E-state index contributed by atoms with van der Waals surface area (Å²) in [6.07, 6.45) is 1.12. The second kappa shape index (κ2) is 12.8. The number of hydrogen-bond acceptors (Lipinski definition) is 2. The minimum absolute atomic E-state index is 0.962. The van der Waals surface area contributed by atoms with Crippen molar-refractivity contribution in [3.05, 3.63) is 35.4 Å². The van der Waals surface area contributed by atoms with Crippen molar-refractivity contribution >= 4 is 6.79 Å². The van der Waals surface area contributed by atoms with Crippen LogP contribution in [0.15, 0.2) is 24.3 Å². The Kier molecular flexibility index (Phi) is 14.0. The number of carbonyl (C=O) groups excluding carboxylic acids is 1. The zero-order valence-electron chi connectivity index (χ0n) is 10.3. The van der Waals surface area contributed by atoms with Crippen LogP contribution in [-0.4, -0.2) is 13.8 Å². The van der Waals surface area contributed by atoms with E-state index in [-0.39, 0.29) is 0 Å². The smallest absolute Gasteiger partial charge is 0.106 e. The van der Waals surface area contributed by atoms with Gasteiger partial charge in [0, 0.05) is 6.54 Å². The maximum Gasteiger partial charge on any atom is 0.106 e. The molecule has 1 aromatic rings. The van der Waals surface area contributed by atoms with E-state index in [2.05, 4.69) is 36.5 Å². The van der Waals surface area contributed by atoms with Crippen molar-refractivity contribution in [1.82, 2.24) is 5.32 Å². The minimum Gasteiger partial charge on any atom is -0.316 e. The highest BCUT2D eigenvalue weighted by molar-refractivity contribution is 5.22. The summed E-state index contributed by atoms with van der Waals surface area (Å²) >= 11 is 0. The molecule has 0 atom stereocenters. The number of carbonyl (C=O) groups is 1. The fourth-order valence-electron chi connectivity index (χ4n) is 1.10. The third-order valence-electron chi connectivity index (χ3n) is 1.81. The minimum atomic E-state index is 0.962. The molecule has 0 radical (unpaired) electrons. The van der Waals surface area contributed by atoms with Crippen LogP contribution in [0.3, 0.4) is 0 Å². The molecule has 1 rings (SSSR count). The van der Waals surface area contributed by atoms with Crippen molar-refractivity contribution in [2.24, 2.45) is 0 Å². The van der Waals surface area contributed by atoms with Crippen LogP contribution in [0, 0.1) is 0 Å². The molecule has 1 N–H and O–H groups in total. The molecule has 0 amide bonds. The molecule has 2 heteroatoms. The zero-order chi connectivity index (χ0) is 12.1. The summed E-state index contributed by atoms with van der Waals surface area (Å²) in [6, 6.07) is 8.73. The molecule has 0 unspecified atom stereocenters. The van der Waals surface area contributed by atoms with E-state index in [4.69, 9.17) is 4.79 Å². The Morgan fingerprint density at radius 1 is 1.07 bits per heavy atom. The van der Waals surface area contributed by atoms with Gasteiger partial charge in [-0.1, -0.05) is 45.0 Å². The molecule has 0 aromatic heterocycles. The second-order valence-electron chi connectivity index (χ2n) is 2.70. The third kappa shape index (κ3) is 7.89. The summed E-state index contributed by atoms with van der Waals surface area (Å²) in [5.41, 5.74) is 2.76. The first-order valence-electron chi connectivity index (χ1n) is 5.38. The van der Waals surface area contributed by atoms with Crippen LogP contribution in [0.2, 0.25) is 0 Å². The van der Waals surface area contributed by atoms with E-state index in [0.29, 0.717) is 0 Å². The fourth-order valence-corrected chi connectivity index (χ4v) is 1.10. The van der Waals surface area contributed by atoms with Crippen molar-refractivity contribution in [2.75, 3.05) is 7.05 Å². The highest BCUT2D eigenvalue weighted by Crippen LogP contribution is 2.03. The van der Waals surface area contributed by atoms with Crippen LogP contribution in [0.25, 0.3) is 0 Å². The fraction of sp³-hybridized carbons (Fsp3) is 0.462. The van der Waals surface area contributed by atoms with Crippen molar-refractivity contribution in [1.29, 1.82) is 0 Å². The van der Waals surface area contributed by atoms with Crippen molar-refractivity contribution in [3.63, 3.8) is 0 Å². The largest absolute Gasteiger partial charge is 0.316 e. The SMILES string of the molecule is C=O.CC.CCc1ccc(CNC)cc1. The van der Waals surface area contributed by atoms with E-state index in [1.54, 1.807) is 0 Å². The summed E-state index contributed by atoms with van der Waals surface area (Å²) < 4.78 is 0. The normalized spacial score (nSPS) is 8.00. The molecule has 0 aliphatic carbocycles. The van der Waals surface area contributed by atoms with Gasteiger partial charge in [0.2, 0.25) is 0 Å². The van der Waals surface area contributed by atoms with E-state index in [1.807, 2.05) is 27.7 Å². The predicted molar refractivity (Wildman–Crippen MR) is 67.1 cm³/mol. The first-order valence-corrected chi connectivity index (χ1v) is 5.38. The maximum atomic E-state index is 8.00. The van der Waals surface area contributed by atoms with Gasteiger partial charge < -0.3 is 10.1 Å². The number of benzene rings is 1. The van der Waals surface area contributed by atoms with Crippen molar-refractivity contribution in [2.45, 2.75) is 33.7 Å². The second-order valence-corrected chi connectivity index (χ2v) is 2.70. The van der Waals surface area contributed by atoms with E-state index >= 15 is 0 Å². The standard InChI is InChI=1S/C10H15N.C2H6.CH2O/c1-3-9-4-6-10(7-5-9)8-11-2;2*1-2/h4-7,11H,3,8H2,1-2H3;1-2H3;1H2. The van der Waals surface area contributed by atoms with E-state index in [0.717, 1.165) is 13.0 Å². The van der Waals surface area contributed by atoms with E-state index in [1.165, 1.54) is 11.1 Å². The van der Waals surface area contributed by atoms with Crippen molar-refractivity contribution < 1.29 is 4.79 Å². The van der Waals surface area contributed by atoms with Crippen LogP contribution < -0.4 is 5.32 Å². The summed E-state index contributed by atoms with van der Waals surface area (Å²) in [4.78, 5) is 8.00. The Morgan fingerprint density at radius 3 is 1.80 bits per heavy atom. The number of hydrogen-bond donors (Lipinski definition) is 1. The van der Waals surface area contributed by atoms with Gasteiger partial charge in [-0.25, -0.2) is 0 Å². The van der Waals surface area contributed by atoms with Crippen LogP contribution in [0.4, 0.5) is 0 Å². The monoisotopic (exact) mass is 209 g/mol. The molecule has 15 heavy (non-hydrogen) atoms. The van der Waals surface area contributed by atoms with Gasteiger partial charge in [0.1, 0.15) is 6.79 Å². The molecule has 0 aliphatic heterocycles. The molecule has 0 fully saturated rings. The Bertz CT molecular complexity index is 218. The first-order chi connectivity index (χ1) is 7.36. The van der Waals surface area contributed by atoms with Crippen LogP contribution in [0.5, 0.6) is 0 Å². The van der Waals surface area contributed by atoms with Gasteiger partial charge in [-0.05, 0) is 24.6 Å². The topological polar surface area (TPSA) is 29.1 Å². The van der Waals surface area contributed by atoms with Gasteiger partial charge in [-0.15, -0.1) is 0 Å². The highest BCUT2D eigenvalue weighted by atomic mass is 16.1. The molecular weight excluding hydrogens is 186 g/mol. The Hall–Kier alpha value is -1.15. The number of rotatable bonds is 3. The lowest BCUT2D eigenvalue weighted by Gasteiger charge is -2.00. The maximum absolute atomic E-state index is 8.00. The molecule has 0 spiro atoms. The Morgan fingerprint density at radius 2 is 1.47 bits per heavy atom. The quantitative estimate of drug-likeness (QED) is 0.829. The average molecular weight is 209 g/mol. The summed E-state index contributed by atoms with van der Waals surface area (Å²) in [7, 11) is 1.97. The third-order valence-corrected chi connectivity index (χ3v) is 1.81. The van der Waals surface area contributed by atoms with Gasteiger partial charge >= 0.3 is 0 Å². The highest BCUT2D eigenvalue weighted by Gasteiger charge is 1.90. The first kappa shape index (κ1) is 16.3. The molecule has 0 saturated heterocycles. The molecule has 2 nitrogen and oxygen atoms in total. The molecule has 0 bridgehead atoms. The van der Waals surface area contributed by atoms with Gasteiger partial charge in [0.25, 0.3) is 0 Å². The Labute approximate surface area is 93.7 Å². The average Bonchev–Trinajstić information content (AvgIpc) is 2.36. The van der Waals surface area contributed by atoms with Crippen LogP contribution in [0.1, 0.15) is 31.9 Å². The van der Waals surface area contributed by atoms with Gasteiger partial charge in [-0.2, -0.15) is 0 Å². The summed E-state index contributed by atoms with van der Waals surface area (Å²) in [6.45, 7) is 9.14. The van der Waals surface area contributed by atoms with Gasteiger partial charge in [0.15, 0.2) is 0 Å². The summed E-state index contributed by atoms with van der Waals surface area (Å²) in [5, 5.41) is 3.12. The molecule has 0 saturated carbocycles. The number of aryl methyl sites for hydroxylation is 1. The van der Waals surface area contributed by atoms with E-state index in [9.17, 15) is 0 Å². The van der Waals surface area contributed by atoms with E-state index < -0.39 is 0 Å². The number of nitrogens with one attached hydrogen (secondary N) is 1. The molecule has 0 aliphatic rings. The molecule has 86 valence electrons. The lowest BCUT2D eigenvalue weighted by Crippen LogP contribution is -2.04. The van der Waals surface area contributed by atoms with Gasteiger partial charge in [0.05, 0.1) is 0 Å². The van der Waals surface area contributed by atoms with Crippen LogP contribution in [-0.2, 0) is 17.8 Å². The molecule has 1 aromatic carbocycles. The zero-order valence-corrected chi connectivity index (χ0v) is 10.3. The lowest BCUT2D eigenvalue weighted by molar-refractivity contribution is -0.0979. The van der Waals surface area contributed by atoms with Gasteiger partial charge in [-0.3, -0.25) is 0 Å². The van der Waals surface area contributed by atoms with Crippen LogP contribution >= 0.6 is 0 Å². The molecular formula is C13H23NO. The molecule has 0 heterocycles. The predicted octanol–water partition coefficient (Wildman–Crippen LogP) is 2.81.